The Morgan fingerprint density at radius 2 is 1.86 bits per heavy atom. The molecule has 1 aromatic heterocycles. The van der Waals surface area contributed by atoms with Crippen molar-refractivity contribution in [3.8, 4) is 0 Å². The highest BCUT2D eigenvalue weighted by atomic mass is 35.5. The summed E-state index contributed by atoms with van der Waals surface area (Å²) in [6, 6.07) is 9.88. The van der Waals surface area contributed by atoms with Crippen molar-refractivity contribution >= 4 is 45.7 Å². The molecule has 0 aliphatic carbocycles. The lowest BCUT2D eigenvalue weighted by Crippen LogP contribution is -2.12. The minimum absolute atomic E-state index is 0.143. The van der Waals surface area contributed by atoms with Gasteiger partial charge in [0.15, 0.2) is 5.82 Å². The second kappa shape index (κ2) is 5.39. The van der Waals surface area contributed by atoms with Gasteiger partial charge in [0.05, 0.1) is 21.1 Å². The average molecular weight is 323 g/mol. The number of carbonyl (C=O) groups excluding carboxylic acids is 1. The van der Waals surface area contributed by atoms with Crippen LogP contribution in [0.5, 0.6) is 0 Å². The molecule has 0 atom stereocenters. The summed E-state index contributed by atoms with van der Waals surface area (Å²) in [5.41, 5.74) is 1.54. The van der Waals surface area contributed by atoms with Crippen molar-refractivity contribution in [3.63, 3.8) is 0 Å². The number of para-hydroxylation sites is 1. The molecule has 0 radical (unpaired) electrons. The van der Waals surface area contributed by atoms with E-state index in [2.05, 4.69) is 10.3 Å². The first kappa shape index (κ1) is 13.9. The monoisotopic (exact) mass is 322 g/mol. The van der Waals surface area contributed by atoms with E-state index >= 15 is 0 Å². The molecular formula is C15H9Cl2FN2O. The first-order valence-electron chi connectivity index (χ1n) is 6.08. The molecule has 0 unspecified atom stereocenters. The molecule has 6 heteroatoms. The Labute approximate surface area is 129 Å². The van der Waals surface area contributed by atoms with Crippen LogP contribution in [0.15, 0.2) is 42.6 Å². The number of hydrogen-bond donors (Lipinski definition) is 2. The molecule has 0 spiro atoms. The number of fused-ring (bicyclic) bond motifs is 1. The Morgan fingerprint density at radius 1 is 1.14 bits per heavy atom. The van der Waals surface area contributed by atoms with Gasteiger partial charge in [-0.15, -0.1) is 0 Å². The fourth-order valence-corrected chi connectivity index (χ4v) is 2.59. The topological polar surface area (TPSA) is 44.9 Å². The molecule has 0 saturated carbocycles. The van der Waals surface area contributed by atoms with Crippen LogP contribution >= 0.6 is 23.2 Å². The molecule has 106 valence electrons. The third kappa shape index (κ3) is 2.60. The van der Waals surface area contributed by atoms with Crippen molar-refractivity contribution in [2.75, 3.05) is 5.32 Å². The molecular weight excluding hydrogens is 314 g/mol. The average Bonchev–Trinajstić information content (AvgIpc) is 2.92. The number of aromatic nitrogens is 1. The van der Waals surface area contributed by atoms with Crippen LogP contribution < -0.4 is 5.32 Å². The van der Waals surface area contributed by atoms with Crippen molar-refractivity contribution in [1.82, 2.24) is 4.98 Å². The second-order valence-corrected chi connectivity index (χ2v) is 5.27. The van der Waals surface area contributed by atoms with Gasteiger partial charge in [-0.25, -0.2) is 4.39 Å². The molecule has 3 nitrogen and oxygen atoms in total. The summed E-state index contributed by atoms with van der Waals surface area (Å²) in [5, 5.41) is 3.30. The molecule has 0 fully saturated rings. The molecule has 21 heavy (non-hydrogen) atoms. The van der Waals surface area contributed by atoms with Gasteiger partial charge in [-0.2, -0.15) is 0 Å². The van der Waals surface area contributed by atoms with E-state index in [1.165, 1.54) is 12.1 Å². The highest BCUT2D eigenvalue weighted by molar-refractivity contribution is 6.35. The quantitative estimate of drug-likeness (QED) is 0.650. The number of hydrogen-bond acceptors (Lipinski definition) is 1. The molecule has 2 aromatic carbocycles. The summed E-state index contributed by atoms with van der Waals surface area (Å²) < 4.78 is 13.4. The summed E-state index contributed by atoms with van der Waals surface area (Å²) in [5.74, 6) is -1.04. The number of nitrogens with one attached hydrogen (secondary N) is 2. The number of halogens is 3. The van der Waals surface area contributed by atoms with Crippen LogP contribution in [0.4, 0.5) is 10.1 Å². The molecule has 0 aliphatic heterocycles. The van der Waals surface area contributed by atoms with Gasteiger partial charge in [0, 0.05) is 17.3 Å². The minimum Gasteiger partial charge on any atom is -0.361 e. The fraction of sp³-hybridized carbons (Fsp3) is 0. The van der Waals surface area contributed by atoms with Crippen molar-refractivity contribution in [1.29, 1.82) is 0 Å². The summed E-state index contributed by atoms with van der Waals surface area (Å²) in [6.45, 7) is 0. The van der Waals surface area contributed by atoms with Gasteiger partial charge in [0.1, 0.15) is 0 Å². The van der Waals surface area contributed by atoms with Gasteiger partial charge in [-0.05, 0) is 24.3 Å². The van der Waals surface area contributed by atoms with E-state index < -0.39 is 5.82 Å². The summed E-state index contributed by atoms with van der Waals surface area (Å²) in [7, 11) is 0. The molecule has 1 heterocycles. The molecule has 3 aromatic rings. The van der Waals surface area contributed by atoms with E-state index in [0.717, 1.165) is 10.9 Å². The standard InChI is InChI=1S/C15H9Cl2FN2O/c16-11-6-9(7-12(17)13(11)18)20-15(21)10-3-1-2-8-4-5-19-14(8)10/h1-7,19H,(H,20,21). The maximum Gasteiger partial charge on any atom is 0.257 e. The largest absolute Gasteiger partial charge is 0.361 e. The predicted molar refractivity (Wildman–Crippen MR) is 82.7 cm³/mol. The third-order valence-electron chi connectivity index (χ3n) is 3.07. The molecule has 1 amide bonds. The third-order valence-corrected chi connectivity index (χ3v) is 3.62. The van der Waals surface area contributed by atoms with Crippen LogP contribution in [0, 0.1) is 5.82 Å². The van der Waals surface area contributed by atoms with Crippen LogP contribution in [0.3, 0.4) is 0 Å². The zero-order valence-corrected chi connectivity index (χ0v) is 12.1. The lowest BCUT2D eigenvalue weighted by Gasteiger charge is -2.08. The number of rotatable bonds is 2. The normalized spacial score (nSPS) is 10.8. The van der Waals surface area contributed by atoms with Crippen molar-refractivity contribution in [2.45, 2.75) is 0 Å². The van der Waals surface area contributed by atoms with Crippen LogP contribution in [-0.4, -0.2) is 10.9 Å². The number of H-pyrrole nitrogens is 1. The van der Waals surface area contributed by atoms with Crippen LogP contribution in [0.25, 0.3) is 10.9 Å². The van der Waals surface area contributed by atoms with E-state index in [0.29, 0.717) is 11.3 Å². The van der Waals surface area contributed by atoms with Crippen molar-refractivity contribution in [3.05, 3.63) is 64.0 Å². The first-order chi connectivity index (χ1) is 10.1. The fourth-order valence-electron chi connectivity index (χ4n) is 2.10. The number of amides is 1. The smallest absolute Gasteiger partial charge is 0.257 e. The highest BCUT2D eigenvalue weighted by Crippen LogP contribution is 2.28. The second-order valence-electron chi connectivity index (χ2n) is 4.46. The van der Waals surface area contributed by atoms with Gasteiger partial charge in [0.2, 0.25) is 0 Å². The summed E-state index contributed by atoms with van der Waals surface area (Å²) >= 11 is 11.4. The number of benzene rings is 2. The van der Waals surface area contributed by atoms with Gasteiger partial charge in [-0.3, -0.25) is 4.79 Å². The van der Waals surface area contributed by atoms with E-state index in [1.54, 1.807) is 18.3 Å². The van der Waals surface area contributed by atoms with Gasteiger partial charge >= 0.3 is 0 Å². The Hall–Kier alpha value is -2.04. The highest BCUT2D eigenvalue weighted by Gasteiger charge is 2.13. The predicted octanol–water partition coefficient (Wildman–Crippen LogP) is 4.87. The zero-order chi connectivity index (χ0) is 15.0. The van der Waals surface area contributed by atoms with Gasteiger partial charge in [-0.1, -0.05) is 35.3 Å². The first-order valence-corrected chi connectivity index (χ1v) is 6.84. The van der Waals surface area contributed by atoms with Crippen LogP contribution in [0.2, 0.25) is 10.0 Å². The Bertz CT molecular complexity index is 822. The lowest BCUT2D eigenvalue weighted by molar-refractivity contribution is 0.102. The van der Waals surface area contributed by atoms with E-state index in [1.807, 2.05) is 12.1 Å². The molecule has 2 N–H and O–H groups in total. The number of carbonyl (C=O) groups is 1. The molecule has 0 aliphatic rings. The van der Waals surface area contributed by atoms with Crippen LogP contribution in [0.1, 0.15) is 10.4 Å². The van der Waals surface area contributed by atoms with E-state index in [4.69, 9.17) is 23.2 Å². The molecule has 3 rings (SSSR count). The number of aromatic amines is 1. The molecule has 0 bridgehead atoms. The van der Waals surface area contributed by atoms with E-state index in [9.17, 15) is 9.18 Å². The van der Waals surface area contributed by atoms with Crippen molar-refractivity contribution in [2.24, 2.45) is 0 Å². The Morgan fingerprint density at radius 3 is 2.57 bits per heavy atom. The Kier molecular flexibility index (Phi) is 3.57. The molecule has 0 saturated heterocycles. The summed E-state index contributed by atoms with van der Waals surface area (Å²) in [6.07, 6.45) is 1.76. The van der Waals surface area contributed by atoms with E-state index in [-0.39, 0.29) is 16.0 Å². The van der Waals surface area contributed by atoms with Crippen molar-refractivity contribution < 1.29 is 9.18 Å². The maximum atomic E-state index is 13.4. The SMILES string of the molecule is O=C(Nc1cc(Cl)c(F)c(Cl)c1)c1cccc2cc[nH]c12. The van der Waals surface area contributed by atoms with Gasteiger partial charge in [0.25, 0.3) is 5.91 Å². The van der Waals surface area contributed by atoms with Crippen LogP contribution in [-0.2, 0) is 0 Å². The van der Waals surface area contributed by atoms with Gasteiger partial charge < -0.3 is 10.3 Å². The maximum absolute atomic E-state index is 13.4. The Balaban J connectivity index is 1.95. The minimum atomic E-state index is -0.706. The lowest BCUT2D eigenvalue weighted by atomic mass is 10.1. The number of anilines is 1. The summed E-state index contributed by atoms with van der Waals surface area (Å²) in [4.78, 5) is 15.3. The zero-order valence-electron chi connectivity index (χ0n) is 10.6.